The van der Waals surface area contributed by atoms with Gasteiger partial charge in [-0.15, -0.1) is 63.1 Å². The number of aliphatic hydroxyl groups excluding tert-OH is 2. The quantitative estimate of drug-likeness (QED) is 0.0689. The Labute approximate surface area is 564 Å². The molecule has 1 fully saturated rings. The van der Waals surface area contributed by atoms with Gasteiger partial charge in [0, 0.05) is 30.2 Å². The molecule has 0 amide bonds. The van der Waals surface area contributed by atoms with Crippen molar-refractivity contribution in [2.24, 2.45) is 0 Å². The Morgan fingerprint density at radius 3 is 0.878 bits per heavy atom. The van der Waals surface area contributed by atoms with E-state index in [-0.39, 0.29) is 12.7 Å². The molecule has 0 aromatic heterocycles. The number of thiol groups is 6. The minimum atomic E-state index is -0.0598. The van der Waals surface area contributed by atoms with Crippen molar-refractivity contribution >= 4 is 75.8 Å². The number of rotatable bonds is 8. The summed E-state index contributed by atoms with van der Waals surface area (Å²) in [5, 5.41) is 55.6. The number of phenols is 4. The van der Waals surface area contributed by atoms with Crippen LogP contribution in [0.25, 0.3) is 55.6 Å². The lowest BCUT2D eigenvalue weighted by Crippen LogP contribution is -2.16. The number of aromatic hydroxyl groups is 4. The second-order valence-electron chi connectivity index (χ2n) is 22.0. The standard InChI is InChI=1S/2C14H14OS.2C13H12OS.C12H16OS.C12H10OS/c1-9-7-12(8-10(2)14(9)15)11-3-5-13(16)6-4-11;1-9-7-12(8-10(2)14(9)16)11-3-5-13(15)6-4-11;14-13-7-5-12(6-8-13)11-3-1-10(9-15)2-4-11;14-9-10-1-3-11(4-2-10)12-5-7-13(15)8-6-12;2*13-11-5-1-9(2-6-11)10-3-7-12(14)8-4-10/h2*3-8,15-16H,1-2H3;2*1-8,14-15H,9H2;3-4,7-9,11,13-14H,1-2,5-6H2;1-8,13-14H. The highest BCUT2D eigenvalue weighted by atomic mass is 32.1. The summed E-state index contributed by atoms with van der Waals surface area (Å²) in [6.45, 7) is 8.03. The summed E-state index contributed by atoms with van der Waals surface area (Å²) in [6, 6.07) is 78.3. The first kappa shape index (κ1) is 70.1. The molecule has 6 N–H and O–H groups in total. The van der Waals surface area contributed by atoms with Gasteiger partial charge in [-0.1, -0.05) is 146 Å². The Hall–Kier alpha value is -7.36. The highest BCUT2D eigenvalue weighted by Crippen LogP contribution is 2.34. The maximum Gasteiger partial charge on any atom is 0.121 e. The highest BCUT2D eigenvalue weighted by Gasteiger charge is 2.20. The van der Waals surface area contributed by atoms with Crippen LogP contribution in [0.5, 0.6) is 23.0 Å². The van der Waals surface area contributed by atoms with Crippen molar-refractivity contribution in [2.45, 2.75) is 102 Å². The van der Waals surface area contributed by atoms with E-state index in [1.165, 1.54) is 22.3 Å². The molecule has 0 heterocycles. The predicted octanol–water partition coefficient (Wildman–Crippen LogP) is 20.9. The number of hydrogen-bond acceptors (Lipinski definition) is 12. The lowest BCUT2D eigenvalue weighted by atomic mass is 9.83. The molecular formula is C78H78O6S6. The van der Waals surface area contributed by atoms with Crippen molar-refractivity contribution in [3.63, 3.8) is 0 Å². The van der Waals surface area contributed by atoms with Crippen LogP contribution >= 0.6 is 75.8 Å². The molecule has 0 atom stereocenters. The normalized spacial score (nSPS) is 13.0. The van der Waals surface area contributed by atoms with Gasteiger partial charge in [-0.05, 0) is 251 Å². The lowest BCUT2D eigenvalue weighted by Gasteiger charge is -2.25. The summed E-state index contributed by atoms with van der Waals surface area (Å²) in [5.74, 6) is 2.67. The first-order chi connectivity index (χ1) is 43.2. The summed E-state index contributed by atoms with van der Waals surface area (Å²) in [7, 11) is 0. The van der Waals surface area contributed by atoms with Gasteiger partial charge in [0.05, 0.1) is 12.7 Å². The van der Waals surface area contributed by atoms with Crippen LogP contribution in [-0.4, -0.2) is 36.7 Å². The van der Waals surface area contributed by atoms with Crippen LogP contribution < -0.4 is 0 Å². The smallest absolute Gasteiger partial charge is 0.121 e. The molecule has 1 aliphatic rings. The predicted molar refractivity (Wildman–Crippen MR) is 394 cm³/mol. The number of benzene rings is 11. The molecule has 6 nitrogen and oxygen atoms in total. The summed E-state index contributed by atoms with van der Waals surface area (Å²) in [6.07, 6.45) is 4.08. The largest absolute Gasteiger partial charge is 0.508 e. The van der Waals surface area contributed by atoms with Crippen LogP contribution in [0.3, 0.4) is 0 Å². The van der Waals surface area contributed by atoms with Gasteiger partial charge in [0.2, 0.25) is 0 Å². The number of aryl methyl sites for hydroxylation is 4. The van der Waals surface area contributed by atoms with Crippen LogP contribution in [0.4, 0.5) is 0 Å². The minimum Gasteiger partial charge on any atom is -0.508 e. The Balaban J connectivity index is 0.000000154. The number of phenolic OH excluding ortho intramolecular Hbond substituents is 4. The molecule has 0 radical (unpaired) electrons. The van der Waals surface area contributed by atoms with Crippen LogP contribution in [0.2, 0.25) is 0 Å². The third-order valence-electron chi connectivity index (χ3n) is 15.2. The van der Waals surface area contributed by atoms with Gasteiger partial charge in [-0.2, -0.15) is 12.6 Å². The van der Waals surface area contributed by atoms with Crippen LogP contribution in [-0.2, 0) is 12.4 Å². The molecular weight excluding hydrogens is 1230 g/mol. The average Bonchev–Trinajstić information content (AvgIpc) is 3.67. The van der Waals surface area contributed by atoms with E-state index in [0.717, 1.165) is 128 Å². The molecule has 462 valence electrons. The molecule has 0 unspecified atom stereocenters. The maximum absolute atomic E-state index is 9.71. The molecule has 12 heteroatoms. The second kappa shape index (κ2) is 35.3. The monoisotopic (exact) mass is 1300 g/mol. The van der Waals surface area contributed by atoms with Crippen molar-refractivity contribution in [3.05, 3.63) is 282 Å². The Morgan fingerprint density at radius 2 is 0.578 bits per heavy atom. The Bertz CT molecular complexity index is 3670. The Morgan fingerprint density at radius 1 is 0.322 bits per heavy atom. The van der Waals surface area contributed by atoms with Crippen molar-refractivity contribution < 1.29 is 30.6 Å². The van der Waals surface area contributed by atoms with E-state index in [9.17, 15) is 20.4 Å². The van der Waals surface area contributed by atoms with Gasteiger partial charge in [-0.3, -0.25) is 0 Å². The van der Waals surface area contributed by atoms with Gasteiger partial charge >= 0.3 is 0 Å². The topological polar surface area (TPSA) is 121 Å². The third kappa shape index (κ3) is 22.0. The van der Waals surface area contributed by atoms with Gasteiger partial charge in [0.15, 0.2) is 0 Å². The van der Waals surface area contributed by atoms with Gasteiger partial charge in [-0.25, -0.2) is 0 Å². The summed E-state index contributed by atoms with van der Waals surface area (Å²) >= 11 is 25.7. The summed E-state index contributed by atoms with van der Waals surface area (Å²) in [5.41, 5.74) is 19.0. The molecule has 0 bridgehead atoms. The van der Waals surface area contributed by atoms with E-state index in [1.54, 1.807) is 36.4 Å². The maximum atomic E-state index is 9.71. The first-order valence-corrected chi connectivity index (χ1v) is 32.4. The van der Waals surface area contributed by atoms with E-state index >= 15 is 0 Å². The first-order valence-electron chi connectivity index (χ1n) is 29.5. The number of hydrogen-bond donors (Lipinski definition) is 12. The molecule has 1 saturated carbocycles. The SMILES string of the molecule is Cc1cc(-c2ccc(O)cc2)cc(C)c1S.Cc1cc(-c2ccc(S)cc2)cc(C)c1O.OC1CCC(c2ccc(S)cc2)CC1.OCc1ccc(-c2ccc(S)cc2)cc1.Oc1ccc(-c2ccc(CS)cc2)cc1.Oc1ccc(-c2ccc(S)cc2)cc1. The molecule has 0 spiro atoms. The summed E-state index contributed by atoms with van der Waals surface area (Å²) in [4.78, 5) is 4.93. The molecule has 1 aliphatic carbocycles. The van der Waals surface area contributed by atoms with Crippen molar-refractivity contribution in [1.82, 2.24) is 0 Å². The molecule has 90 heavy (non-hydrogen) atoms. The zero-order valence-corrected chi connectivity index (χ0v) is 56.2. The molecule has 12 rings (SSSR count). The highest BCUT2D eigenvalue weighted by molar-refractivity contribution is 7.81. The molecule has 11 aromatic rings. The zero-order chi connectivity index (χ0) is 64.7. The number of aliphatic hydroxyl groups is 2. The van der Waals surface area contributed by atoms with Crippen LogP contribution in [0.1, 0.15) is 70.5 Å². The van der Waals surface area contributed by atoms with E-state index in [1.807, 2.05) is 172 Å². The van der Waals surface area contributed by atoms with E-state index in [0.29, 0.717) is 28.9 Å². The van der Waals surface area contributed by atoms with Crippen molar-refractivity contribution in [2.75, 3.05) is 0 Å². The fraction of sp³-hybridized carbons (Fsp3) is 0.154. The van der Waals surface area contributed by atoms with Gasteiger partial charge in [0.25, 0.3) is 0 Å². The lowest BCUT2D eigenvalue weighted by molar-refractivity contribution is 0.122. The van der Waals surface area contributed by atoms with E-state index in [2.05, 4.69) is 138 Å². The van der Waals surface area contributed by atoms with Crippen molar-refractivity contribution in [3.8, 4) is 78.6 Å². The van der Waals surface area contributed by atoms with E-state index in [4.69, 9.17) is 10.2 Å². The van der Waals surface area contributed by atoms with Crippen LogP contribution in [0, 0.1) is 27.7 Å². The fourth-order valence-electron chi connectivity index (χ4n) is 9.93. The second-order valence-corrected chi connectivity index (χ2v) is 24.8. The van der Waals surface area contributed by atoms with Crippen LogP contribution in [0.15, 0.2) is 267 Å². The summed E-state index contributed by atoms with van der Waals surface area (Å²) < 4.78 is 0. The fourth-order valence-corrected chi connectivity index (χ4v) is 10.9. The van der Waals surface area contributed by atoms with Crippen molar-refractivity contribution in [1.29, 1.82) is 0 Å². The molecule has 0 aliphatic heterocycles. The molecule has 0 saturated heterocycles. The third-order valence-corrected chi connectivity index (χ3v) is 17.4. The zero-order valence-electron chi connectivity index (χ0n) is 50.9. The average molecular weight is 1300 g/mol. The van der Waals surface area contributed by atoms with E-state index < -0.39 is 0 Å². The minimum absolute atomic E-state index is 0.0598. The molecule has 11 aromatic carbocycles. The van der Waals surface area contributed by atoms with Gasteiger partial charge < -0.3 is 30.6 Å². The van der Waals surface area contributed by atoms with Gasteiger partial charge in [0.1, 0.15) is 23.0 Å². The Kier molecular flexibility index (Phi) is 27.5.